The summed E-state index contributed by atoms with van der Waals surface area (Å²) in [5, 5.41) is 12.2. The van der Waals surface area contributed by atoms with Gasteiger partial charge in [0.2, 0.25) is 29.5 Å². The van der Waals surface area contributed by atoms with Gasteiger partial charge in [0, 0.05) is 61.2 Å². The number of carbonyl (C=O) groups excluding carboxylic acids is 5. The Balaban J connectivity index is 1.38. The lowest BCUT2D eigenvalue weighted by Gasteiger charge is -2.26. The molecule has 360 valence electrons. The number of hydrogen-bond donors (Lipinski definition) is 9. The van der Waals surface area contributed by atoms with E-state index in [1.165, 1.54) is 77.0 Å². The molecule has 0 radical (unpaired) electrons. The number of guanidine groups is 1. The van der Waals surface area contributed by atoms with Crippen LogP contribution in [0.5, 0.6) is 0 Å². The first-order valence-electron chi connectivity index (χ1n) is 24.1. The number of nitrogens with one attached hydrogen (secondary N) is 6. The molecule has 0 aliphatic carbocycles. The van der Waals surface area contributed by atoms with Crippen molar-refractivity contribution in [1.82, 2.24) is 36.2 Å². The SMILES string of the molecule is CCCCCCCCCCCCCCCCCC(=O)N[C@@H](Cc1cnc[nH]1)C(=O)N[C@H](Cc1ccccc1)C(=O)N[C@@H](CCCN=C(N)N)C(=O)N[C@@H](Cc1c[nH]c2ccccc12)C(N)=O. The molecular formula is C50H75N11O5. The zero-order chi connectivity index (χ0) is 47.4. The highest BCUT2D eigenvalue weighted by Crippen LogP contribution is 2.20. The zero-order valence-corrected chi connectivity index (χ0v) is 39.0. The average Bonchev–Trinajstić information content (AvgIpc) is 3.98. The molecule has 4 aromatic rings. The van der Waals surface area contributed by atoms with E-state index in [0.717, 1.165) is 41.3 Å². The number of aromatic amines is 2. The lowest BCUT2D eigenvalue weighted by Crippen LogP contribution is -2.59. The van der Waals surface area contributed by atoms with Crippen molar-refractivity contribution in [2.45, 2.75) is 166 Å². The summed E-state index contributed by atoms with van der Waals surface area (Å²) < 4.78 is 0. The van der Waals surface area contributed by atoms with Crippen LogP contribution in [0.15, 0.2) is 78.3 Å². The Labute approximate surface area is 390 Å². The third kappa shape index (κ3) is 19.9. The number of hydrogen-bond acceptors (Lipinski definition) is 7. The smallest absolute Gasteiger partial charge is 0.243 e. The lowest BCUT2D eigenvalue weighted by atomic mass is 10.0. The summed E-state index contributed by atoms with van der Waals surface area (Å²) in [7, 11) is 0. The maximum absolute atomic E-state index is 14.3. The van der Waals surface area contributed by atoms with Gasteiger partial charge in [0.05, 0.1) is 6.33 Å². The van der Waals surface area contributed by atoms with Crippen LogP contribution in [0.1, 0.15) is 139 Å². The molecule has 16 nitrogen and oxygen atoms in total. The van der Waals surface area contributed by atoms with Crippen LogP contribution < -0.4 is 38.5 Å². The van der Waals surface area contributed by atoms with Gasteiger partial charge < -0.3 is 48.4 Å². The molecule has 2 aromatic heterocycles. The van der Waals surface area contributed by atoms with Crippen LogP contribution in [0.2, 0.25) is 0 Å². The minimum Gasteiger partial charge on any atom is -0.370 e. The van der Waals surface area contributed by atoms with Gasteiger partial charge in [0.1, 0.15) is 24.2 Å². The Morgan fingerprint density at radius 3 is 1.77 bits per heavy atom. The number of aromatic nitrogens is 3. The van der Waals surface area contributed by atoms with Crippen molar-refractivity contribution in [3.8, 4) is 0 Å². The number of primary amides is 1. The van der Waals surface area contributed by atoms with E-state index in [0.29, 0.717) is 18.5 Å². The third-order valence-corrected chi connectivity index (χ3v) is 11.9. The normalized spacial score (nSPS) is 13.0. The minimum atomic E-state index is -1.16. The number of carbonyl (C=O) groups is 5. The molecule has 0 aliphatic rings. The lowest BCUT2D eigenvalue weighted by molar-refractivity contribution is -0.134. The van der Waals surface area contributed by atoms with Gasteiger partial charge in [0.25, 0.3) is 0 Å². The molecule has 66 heavy (non-hydrogen) atoms. The first-order chi connectivity index (χ1) is 32.0. The van der Waals surface area contributed by atoms with Crippen LogP contribution in [0.25, 0.3) is 10.9 Å². The molecule has 0 bridgehead atoms. The molecule has 4 atom stereocenters. The monoisotopic (exact) mass is 910 g/mol. The van der Waals surface area contributed by atoms with E-state index < -0.39 is 47.8 Å². The Bertz CT molecular complexity index is 2070. The quantitative estimate of drug-likeness (QED) is 0.0160. The zero-order valence-electron chi connectivity index (χ0n) is 39.0. The highest BCUT2D eigenvalue weighted by atomic mass is 16.2. The minimum absolute atomic E-state index is 0.0784. The Kier molecular flexibility index (Phi) is 23.9. The largest absolute Gasteiger partial charge is 0.370 e. The van der Waals surface area contributed by atoms with Gasteiger partial charge in [0.15, 0.2) is 5.96 Å². The highest BCUT2D eigenvalue weighted by molar-refractivity contribution is 5.96. The number of benzene rings is 2. The number of imidazole rings is 1. The van der Waals surface area contributed by atoms with Gasteiger partial charge in [-0.3, -0.25) is 29.0 Å². The first kappa shape index (κ1) is 52.4. The van der Waals surface area contributed by atoms with Crippen LogP contribution in [0.4, 0.5) is 0 Å². The van der Waals surface area contributed by atoms with Crippen molar-refractivity contribution in [2.75, 3.05) is 6.54 Å². The summed E-state index contributed by atoms with van der Waals surface area (Å²) in [4.78, 5) is 82.8. The van der Waals surface area contributed by atoms with E-state index in [-0.39, 0.29) is 50.5 Å². The molecule has 0 unspecified atom stereocenters. The summed E-state index contributed by atoms with van der Waals surface area (Å²) in [6.45, 7) is 2.43. The standard InChI is InChI=1S/C50H75N11O5/c1-2-3-4-5-6-7-8-9-10-11-12-13-14-15-19-28-45(62)58-44(32-38-34-54-35-57-38)49(66)61-43(30-36-23-17-16-18-24-36)48(65)59-41(27-22-29-55-50(52)53)47(64)60-42(46(51)63)31-37-33-56-40-26-21-20-25-39(37)40/h16-18,20-21,23-26,33-35,41-44,56H,2-15,19,22,27-32H2,1H3,(H2,51,63)(H,54,57)(H,58,62)(H,59,65)(H,60,64)(H,61,66)(H4,52,53,55)/t41-,42-,43+,44-/m0/s1. The number of para-hydroxylation sites is 1. The number of nitrogens with zero attached hydrogens (tertiary/aromatic N) is 2. The van der Waals surface area contributed by atoms with Crippen LogP contribution >= 0.6 is 0 Å². The molecule has 0 fully saturated rings. The molecule has 0 spiro atoms. The first-order valence-corrected chi connectivity index (χ1v) is 24.1. The number of fused-ring (bicyclic) bond motifs is 1. The van der Waals surface area contributed by atoms with Crippen molar-refractivity contribution in [3.05, 3.63) is 90.1 Å². The summed E-state index contributed by atoms with van der Waals surface area (Å²) in [6, 6.07) is 12.3. The molecule has 16 heteroatoms. The molecule has 12 N–H and O–H groups in total. The maximum Gasteiger partial charge on any atom is 0.243 e. The van der Waals surface area contributed by atoms with Gasteiger partial charge in [-0.1, -0.05) is 145 Å². The van der Waals surface area contributed by atoms with Gasteiger partial charge in [-0.25, -0.2) is 4.98 Å². The second kappa shape index (κ2) is 30.1. The molecule has 4 rings (SSSR count). The van der Waals surface area contributed by atoms with Gasteiger partial charge in [-0.15, -0.1) is 0 Å². The molecule has 0 aliphatic heterocycles. The summed E-state index contributed by atoms with van der Waals surface area (Å²) in [6.07, 6.45) is 24.1. The van der Waals surface area contributed by atoms with Crippen molar-refractivity contribution in [2.24, 2.45) is 22.2 Å². The topological polar surface area (TPSA) is 268 Å². The summed E-state index contributed by atoms with van der Waals surface area (Å²) in [5.41, 5.74) is 19.9. The summed E-state index contributed by atoms with van der Waals surface area (Å²) >= 11 is 0. The van der Waals surface area contributed by atoms with Gasteiger partial charge in [-0.2, -0.15) is 0 Å². The fourth-order valence-corrected chi connectivity index (χ4v) is 8.14. The van der Waals surface area contributed by atoms with Crippen LogP contribution in [-0.2, 0) is 43.2 Å². The van der Waals surface area contributed by atoms with Gasteiger partial charge >= 0.3 is 0 Å². The fourth-order valence-electron chi connectivity index (χ4n) is 8.14. The number of rotatable bonds is 34. The number of H-pyrrole nitrogens is 2. The molecule has 0 saturated heterocycles. The predicted octanol–water partition coefficient (Wildman–Crippen LogP) is 5.66. The molecular weight excluding hydrogens is 835 g/mol. The van der Waals surface area contributed by atoms with Crippen molar-refractivity contribution < 1.29 is 24.0 Å². The van der Waals surface area contributed by atoms with Crippen LogP contribution in [0, 0.1) is 0 Å². The van der Waals surface area contributed by atoms with E-state index in [1.54, 1.807) is 12.4 Å². The Hall–Kier alpha value is -6.19. The van der Waals surface area contributed by atoms with Crippen molar-refractivity contribution in [1.29, 1.82) is 0 Å². The highest BCUT2D eigenvalue weighted by Gasteiger charge is 2.32. The maximum atomic E-state index is 14.3. The predicted molar refractivity (Wildman–Crippen MR) is 261 cm³/mol. The molecule has 2 heterocycles. The van der Waals surface area contributed by atoms with E-state index in [2.05, 4.69) is 48.1 Å². The molecule has 5 amide bonds. The van der Waals surface area contributed by atoms with Crippen LogP contribution in [0.3, 0.4) is 0 Å². The molecule has 0 saturated carbocycles. The Morgan fingerprint density at radius 2 is 1.17 bits per heavy atom. The van der Waals surface area contributed by atoms with Crippen molar-refractivity contribution >= 4 is 46.4 Å². The van der Waals surface area contributed by atoms with E-state index >= 15 is 0 Å². The van der Waals surface area contributed by atoms with E-state index in [9.17, 15) is 24.0 Å². The van der Waals surface area contributed by atoms with E-state index in [4.69, 9.17) is 17.2 Å². The number of aliphatic imine (C=N–C) groups is 1. The number of amides is 5. The second-order valence-corrected chi connectivity index (χ2v) is 17.4. The molecule has 2 aromatic carbocycles. The Morgan fingerprint density at radius 1 is 0.606 bits per heavy atom. The number of nitrogens with two attached hydrogens (primary N) is 3. The van der Waals surface area contributed by atoms with Gasteiger partial charge in [-0.05, 0) is 36.5 Å². The third-order valence-electron chi connectivity index (χ3n) is 11.9. The van der Waals surface area contributed by atoms with Crippen molar-refractivity contribution in [3.63, 3.8) is 0 Å². The fraction of sp³-hybridized carbons (Fsp3) is 0.540. The van der Waals surface area contributed by atoms with E-state index in [1.807, 2.05) is 54.6 Å². The summed E-state index contributed by atoms with van der Waals surface area (Å²) in [5.74, 6) is -3.01. The average molecular weight is 910 g/mol. The second-order valence-electron chi connectivity index (χ2n) is 17.4. The van der Waals surface area contributed by atoms with Crippen LogP contribution in [-0.4, -0.2) is 81.2 Å². The number of unbranched alkanes of at least 4 members (excludes halogenated alkanes) is 14.